The van der Waals surface area contributed by atoms with Gasteiger partial charge >= 0.3 is 0 Å². The van der Waals surface area contributed by atoms with Crippen molar-refractivity contribution in [2.75, 3.05) is 0 Å². The first kappa shape index (κ1) is 11.4. The lowest BCUT2D eigenvalue weighted by Crippen LogP contribution is -2.07. The number of nitrogens with zero attached hydrogens (tertiary/aromatic N) is 2. The molecule has 2 aromatic rings. The van der Waals surface area contributed by atoms with E-state index in [9.17, 15) is 9.18 Å². The van der Waals surface area contributed by atoms with Crippen LogP contribution in [0.1, 0.15) is 21.7 Å². The molecular formula is C13H11FN2O. The highest BCUT2D eigenvalue weighted by molar-refractivity contribution is 5.95. The Labute approximate surface area is 98.3 Å². The summed E-state index contributed by atoms with van der Waals surface area (Å²) in [5.41, 5.74) is 1.70. The lowest BCUT2D eigenvalue weighted by molar-refractivity contribution is 0.0988. The maximum Gasteiger partial charge on any atom is 0.187 e. The quantitative estimate of drug-likeness (QED) is 0.760. The van der Waals surface area contributed by atoms with Gasteiger partial charge in [-0.3, -0.25) is 9.78 Å². The Kier molecular flexibility index (Phi) is 3.23. The predicted molar refractivity (Wildman–Crippen MR) is 61.2 cm³/mol. The summed E-state index contributed by atoms with van der Waals surface area (Å²) in [6.45, 7) is 1.80. The summed E-state index contributed by atoms with van der Waals surface area (Å²) in [6.07, 6.45) is 3.12. The van der Waals surface area contributed by atoms with E-state index in [2.05, 4.69) is 9.97 Å². The predicted octanol–water partition coefficient (Wildman–Crippen LogP) is 2.35. The number of ketones is 1. The number of carbonyl (C=O) groups excluding carboxylic acids is 1. The van der Waals surface area contributed by atoms with Crippen molar-refractivity contribution in [3.05, 3.63) is 59.4 Å². The molecule has 0 saturated heterocycles. The van der Waals surface area contributed by atoms with Crippen LogP contribution in [-0.4, -0.2) is 15.8 Å². The van der Waals surface area contributed by atoms with Crippen LogP contribution in [0.15, 0.2) is 36.7 Å². The fourth-order valence-electron chi connectivity index (χ4n) is 1.46. The molecule has 0 unspecified atom stereocenters. The van der Waals surface area contributed by atoms with Crippen molar-refractivity contribution >= 4 is 5.78 Å². The molecule has 3 nitrogen and oxygen atoms in total. The van der Waals surface area contributed by atoms with E-state index in [0.717, 1.165) is 5.69 Å². The van der Waals surface area contributed by atoms with Gasteiger partial charge in [-0.05, 0) is 24.6 Å². The Bertz CT molecular complexity index is 537. The molecule has 1 heterocycles. The molecule has 0 aliphatic carbocycles. The minimum Gasteiger partial charge on any atom is -0.292 e. The van der Waals surface area contributed by atoms with E-state index < -0.39 is 0 Å². The van der Waals surface area contributed by atoms with Crippen LogP contribution < -0.4 is 0 Å². The van der Waals surface area contributed by atoms with E-state index in [4.69, 9.17) is 0 Å². The number of Topliss-reactive ketones (excluding diaryl/α,β-unsaturated/α-hetero) is 1. The fraction of sp³-hybridized carbons (Fsp3) is 0.154. The molecule has 0 amide bonds. The van der Waals surface area contributed by atoms with Gasteiger partial charge in [0.1, 0.15) is 11.5 Å². The Morgan fingerprint density at radius 2 is 2.12 bits per heavy atom. The normalized spacial score (nSPS) is 10.2. The first-order valence-electron chi connectivity index (χ1n) is 5.21. The van der Waals surface area contributed by atoms with Crippen LogP contribution >= 0.6 is 0 Å². The van der Waals surface area contributed by atoms with Gasteiger partial charge in [0, 0.05) is 12.6 Å². The number of carbonyl (C=O) groups is 1. The van der Waals surface area contributed by atoms with Gasteiger partial charge in [0.05, 0.1) is 11.9 Å². The molecule has 86 valence electrons. The summed E-state index contributed by atoms with van der Waals surface area (Å²) in [4.78, 5) is 19.8. The zero-order chi connectivity index (χ0) is 12.3. The molecule has 17 heavy (non-hydrogen) atoms. The number of benzene rings is 1. The fourth-order valence-corrected chi connectivity index (χ4v) is 1.46. The van der Waals surface area contributed by atoms with Crippen molar-refractivity contribution in [2.24, 2.45) is 0 Å². The lowest BCUT2D eigenvalue weighted by atomic mass is 10.1. The zero-order valence-electron chi connectivity index (χ0n) is 9.35. The van der Waals surface area contributed by atoms with Gasteiger partial charge in [0.25, 0.3) is 0 Å². The van der Waals surface area contributed by atoms with E-state index in [1.807, 2.05) is 0 Å². The number of rotatable bonds is 3. The minimum atomic E-state index is -0.342. The topological polar surface area (TPSA) is 42.9 Å². The molecule has 0 aliphatic heterocycles. The highest BCUT2D eigenvalue weighted by atomic mass is 19.1. The summed E-state index contributed by atoms with van der Waals surface area (Å²) in [5, 5.41) is 0. The van der Waals surface area contributed by atoms with Crippen LogP contribution in [0.3, 0.4) is 0 Å². The van der Waals surface area contributed by atoms with Crippen LogP contribution in [0.4, 0.5) is 4.39 Å². The van der Waals surface area contributed by atoms with E-state index in [1.54, 1.807) is 25.3 Å². The number of aryl methyl sites for hydroxylation is 1. The van der Waals surface area contributed by atoms with E-state index in [1.165, 1.54) is 18.3 Å². The van der Waals surface area contributed by atoms with Gasteiger partial charge in [-0.25, -0.2) is 9.37 Å². The lowest BCUT2D eigenvalue weighted by Gasteiger charge is -2.01. The number of hydrogen-bond donors (Lipinski definition) is 0. The summed E-state index contributed by atoms with van der Waals surface area (Å²) in [5.74, 6) is -0.506. The maximum atomic E-state index is 12.9. The molecule has 0 fully saturated rings. The van der Waals surface area contributed by atoms with E-state index in [-0.39, 0.29) is 18.0 Å². The molecule has 2 rings (SSSR count). The second kappa shape index (κ2) is 4.82. The summed E-state index contributed by atoms with van der Waals surface area (Å²) in [7, 11) is 0. The third kappa shape index (κ3) is 2.93. The van der Waals surface area contributed by atoms with Gasteiger partial charge in [-0.1, -0.05) is 12.1 Å². The van der Waals surface area contributed by atoms with Crippen LogP contribution in [0, 0.1) is 12.7 Å². The average Bonchev–Trinajstić information content (AvgIpc) is 2.29. The third-order valence-electron chi connectivity index (χ3n) is 2.32. The third-order valence-corrected chi connectivity index (χ3v) is 2.32. The van der Waals surface area contributed by atoms with Gasteiger partial charge in [0.2, 0.25) is 0 Å². The second-order valence-electron chi connectivity index (χ2n) is 3.77. The molecule has 1 aromatic heterocycles. The Morgan fingerprint density at radius 3 is 2.76 bits per heavy atom. The van der Waals surface area contributed by atoms with Crippen LogP contribution in [-0.2, 0) is 6.42 Å². The van der Waals surface area contributed by atoms with Gasteiger partial charge in [0.15, 0.2) is 5.78 Å². The largest absolute Gasteiger partial charge is 0.292 e. The van der Waals surface area contributed by atoms with Gasteiger partial charge < -0.3 is 0 Å². The number of aromatic nitrogens is 2. The highest BCUT2D eigenvalue weighted by Crippen LogP contribution is 2.07. The standard InChI is InChI=1S/C13H11FN2O/c1-9-7-16-12(8-15-9)13(17)6-10-3-2-4-11(14)5-10/h2-5,7-8H,6H2,1H3. The van der Waals surface area contributed by atoms with Crippen molar-refractivity contribution in [1.82, 2.24) is 9.97 Å². The second-order valence-corrected chi connectivity index (χ2v) is 3.77. The van der Waals surface area contributed by atoms with Crippen LogP contribution in [0.5, 0.6) is 0 Å². The highest BCUT2D eigenvalue weighted by Gasteiger charge is 2.09. The van der Waals surface area contributed by atoms with Crippen molar-refractivity contribution < 1.29 is 9.18 Å². The SMILES string of the molecule is Cc1cnc(C(=O)Cc2cccc(F)c2)cn1. The van der Waals surface area contributed by atoms with Gasteiger partial charge in [-0.15, -0.1) is 0 Å². The molecule has 4 heteroatoms. The molecule has 1 aromatic carbocycles. The Balaban J connectivity index is 2.14. The molecule has 0 spiro atoms. The molecule has 0 atom stereocenters. The smallest absolute Gasteiger partial charge is 0.187 e. The first-order chi connectivity index (χ1) is 8.15. The Hall–Kier alpha value is -2.10. The van der Waals surface area contributed by atoms with Crippen molar-refractivity contribution in [3.63, 3.8) is 0 Å². The summed E-state index contributed by atoms with van der Waals surface area (Å²) in [6, 6.07) is 5.99. The molecule has 0 aliphatic rings. The first-order valence-corrected chi connectivity index (χ1v) is 5.21. The summed E-state index contributed by atoms with van der Waals surface area (Å²) < 4.78 is 12.9. The Morgan fingerprint density at radius 1 is 1.29 bits per heavy atom. The molecule has 0 N–H and O–H groups in total. The minimum absolute atomic E-state index is 0.134. The monoisotopic (exact) mass is 230 g/mol. The summed E-state index contributed by atoms with van der Waals surface area (Å²) >= 11 is 0. The van der Waals surface area contributed by atoms with E-state index in [0.29, 0.717) is 11.3 Å². The molecule has 0 bridgehead atoms. The molecule has 0 saturated carbocycles. The number of halogens is 1. The molecular weight excluding hydrogens is 219 g/mol. The van der Waals surface area contributed by atoms with Crippen molar-refractivity contribution in [2.45, 2.75) is 13.3 Å². The van der Waals surface area contributed by atoms with Gasteiger partial charge in [-0.2, -0.15) is 0 Å². The van der Waals surface area contributed by atoms with Crippen molar-refractivity contribution in [1.29, 1.82) is 0 Å². The maximum absolute atomic E-state index is 12.9. The average molecular weight is 230 g/mol. The number of hydrogen-bond acceptors (Lipinski definition) is 3. The van der Waals surface area contributed by atoms with Crippen LogP contribution in [0.2, 0.25) is 0 Å². The van der Waals surface area contributed by atoms with Crippen LogP contribution in [0.25, 0.3) is 0 Å². The van der Waals surface area contributed by atoms with E-state index >= 15 is 0 Å². The zero-order valence-corrected chi connectivity index (χ0v) is 9.35. The molecule has 0 radical (unpaired) electrons. The van der Waals surface area contributed by atoms with Crippen molar-refractivity contribution in [3.8, 4) is 0 Å².